The lowest BCUT2D eigenvalue weighted by Crippen LogP contribution is -2.09. The van der Waals surface area contributed by atoms with Gasteiger partial charge in [-0.15, -0.1) is 0 Å². The van der Waals surface area contributed by atoms with Gasteiger partial charge in [-0.1, -0.05) is 62.7 Å². The van der Waals surface area contributed by atoms with Crippen molar-refractivity contribution in [2.45, 2.75) is 39.2 Å². The number of carbonyl (C=O) groups is 1. The van der Waals surface area contributed by atoms with Crippen molar-refractivity contribution in [3.63, 3.8) is 0 Å². The van der Waals surface area contributed by atoms with Crippen LogP contribution in [0.1, 0.15) is 37.3 Å². The Morgan fingerprint density at radius 3 is 2.42 bits per heavy atom. The minimum absolute atomic E-state index is 0.0267. The van der Waals surface area contributed by atoms with E-state index in [1.807, 2.05) is 24.3 Å². The van der Waals surface area contributed by atoms with E-state index in [0.717, 1.165) is 12.0 Å². The number of esters is 1. The Labute approximate surface area is 154 Å². The van der Waals surface area contributed by atoms with E-state index in [9.17, 15) is 9.18 Å². The molecule has 138 valence electrons. The molecular formula is C22H25FO3. The van der Waals surface area contributed by atoms with Gasteiger partial charge in [0.15, 0.2) is 0 Å². The van der Waals surface area contributed by atoms with Gasteiger partial charge in [-0.25, -0.2) is 9.18 Å². The number of aliphatic hydroxyl groups is 1. The fourth-order valence-electron chi connectivity index (χ4n) is 2.63. The third kappa shape index (κ3) is 5.53. The predicted octanol–water partition coefficient (Wildman–Crippen LogP) is 4.82. The van der Waals surface area contributed by atoms with Crippen LogP contribution in [0.5, 0.6) is 0 Å². The van der Waals surface area contributed by atoms with Crippen molar-refractivity contribution in [2.24, 2.45) is 0 Å². The number of hydrogen-bond acceptors (Lipinski definition) is 3. The molecule has 0 aliphatic rings. The summed E-state index contributed by atoms with van der Waals surface area (Å²) in [6, 6.07) is 12.7. The predicted molar refractivity (Wildman–Crippen MR) is 101 cm³/mol. The topological polar surface area (TPSA) is 46.5 Å². The number of carbonyl (C=O) groups excluding carboxylic acids is 1. The monoisotopic (exact) mass is 356 g/mol. The number of hydrogen-bond donors (Lipinski definition) is 1. The molecule has 0 saturated carbocycles. The second-order valence-corrected chi connectivity index (χ2v) is 6.31. The third-order valence-corrected chi connectivity index (χ3v) is 4.22. The summed E-state index contributed by atoms with van der Waals surface area (Å²) in [4.78, 5) is 11.5. The lowest BCUT2D eigenvalue weighted by molar-refractivity contribution is -0.140. The van der Waals surface area contributed by atoms with Gasteiger partial charge in [0.2, 0.25) is 0 Å². The zero-order chi connectivity index (χ0) is 18.9. The van der Waals surface area contributed by atoms with E-state index in [0.29, 0.717) is 11.1 Å². The first-order valence-electron chi connectivity index (χ1n) is 8.88. The smallest absolute Gasteiger partial charge is 0.336 e. The number of aliphatic hydroxyl groups excluding tert-OH is 1. The molecule has 26 heavy (non-hydrogen) atoms. The van der Waals surface area contributed by atoms with Gasteiger partial charge in [0.1, 0.15) is 12.4 Å². The van der Waals surface area contributed by atoms with Crippen LogP contribution in [0.2, 0.25) is 0 Å². The largest absolute Gasteiger partial charge is 0.457 e. The highest BCUT2D eigenvalue weighted by Gasteiger charge is 2.10. The first-order chi connectivity index (χ1) is 12.5. The molecule has 4 heteroatoms. The molecule has 0 aliphatic heterocycles. The summed E-state index contributed by atoms with van der Waals surface area (Å²) in [5.41, 5.74) is 3.11. The Kier molecular flexibility index (Phi) is 7.54. The van der Waals surface area contributed by atoms with E-state index < -0.39 is 12.6 Å². The number of unbranched alkanes of at least 4 members (excludes halogenated alkanes) is 2. The standard InChI is InChI=1S/C22H25FO3/c1-3-4-5-6-17-7-10-19(11-8-17)20-12-9-18(13-21(20)23)15-26-22(25)16(2)14-24/h7-13,24H,2-6,14-15H2,1H3. The minimum atomic E-state index is -0.685. The molecule has 0 bridgehead atoms. The number of ether oxygens (including phenoxy) is 1. The molecule has 0 aliphatic carbocycles. The number of halogens is 1. The van der Waals surface area contributed by atoms with Gasteiger partial charge in [-0.2, -0.15) is 0 Å². The number of aryl methyl sites for hydroxylation is 1. The van der Waals surface area contributed by atoms with Gasteiger partial charge < -0.3 is 9.84 Å². The van der Waals surface area contributed by atoms with Gasteiger partial charge >= 0.3 is 5.97 Å². The molecule has 0 radical (unpaired) electrons. The average Bonchev–Trinajstić information content (AvgIpc) is 2.66. The molecule has 2 aromatic carbocycles. The average molecular weight is 356 g/mol. The Morgan fingerprint density at radius 1 is 1.12 bits per heavy atom. The van der Waals surface area contributed by atoms with Crippen molar-refractivity contribution in [2.75, 3.05) is 6.61 Å². The summed E-state index contributed by atoms with van der Waals surface area (Å²) in [7, 11) is 0. The van der Waals surface area contributed by atoms with Gasteiger partial charge in [0.25, 0.3) is 0 Å². The van der Waals surface area contributed by atoms with Crippen molar-refractivity contribution in [3.05, 3.63) is 71.6 Å². The molecule has 0 atom stereocenters. The number of rotatable bonds is 9. The number of benzene rings is 2. The van der Waals surface area contributed by atoms with Gasteiger partial charge in [-0.3, -0.25) is 0 Å². The lowest BCUT2D eigenvalue weighted by atomic mass is 10.00. The molecule has 0 amide bonds. The Balaban J connectivity index is 2.02. The summed E-state index contributed by atoms with van der Waals surface area (Å²) in [5.74, 6) is -1.05. The molecule has 1 N–H and O–H groups in total. The van der Waals surface area contributed by atoms with Crippen LogP contribution in [0.3, 0.4) is 0 Å². The second-order valence-electron chi connectivity index (χ2n) is 6.31. The summed E-state index contributed by atoms with van der Waals surface area (Å²) in [6.45, 7) is 5.05. The first-order valence-corrected chi connectivity index (χ1v) is 8.88. The quantitative estimate of drug-likeness (QED) is 0.398. The molecule has 0 spiro atoms. The zero-order valence-corrected chi connectivity index (χ0v) is 15.1. The van der Waals surface area contributed by atoms with Crippen molar-refractivity contribution >= 4 is 5.97 Å². The van der Waals surface area contributed by atoms with E-state index in [1.165, 1.54) is 30.9 Å². The van der Waals surface area contributed by atoms with Crippen molar-refractivity contribution in [1.82, 2.24) is 0 Å². The Hall–Kier alpha value is -2.46. The van der Waals surface area contributed by atoms with Crippen LogP contribution in [0.25, 0.3) is 11.1 Å². The highest BCUT2D eigenvalue weighted by molar-refractivity contribution is 5.87. The van der Waals surface area contributed by atoms with Gasteiger partial charge in [0.05, 0.1) is 12.2 Å². The van der Waals surface area contributed by atoms with Crippen molar-refractivity contribution in [3.8, 4) is 11.1 Å². The van der Waals surface area contributed by atoms with E-state index in [4.69, 9.17) is 9.84 Å². The molecule has 3 nitrogen and oxygen atoms in total. The van der Waals surface area contributed by atoms with Crippen LogP contribution in [0, 0.1) is 5.82 Å². The fraction of sp³-hybridized carbons (Fsp3) is 0.318. The zero-order valence-electron chi connectivity index (χ0n) is 15.1. The molecule has 2 rings (SSSR count). The van der Waals surface area contributed by atoms with Crippen LogP contribution < -0.4 is 0 Å². The normalized spacial score (nSPS) is 10.6. The fourth-order valence-corrected chi connectivity index (χ4v) is 2.63. The van der Waals surface area contributed by atoms with E-state index in [2.05, 4.69) is 13.5 Å². The van der Waals surface area contributed by atoms with Crippen LogP contribution in [-0.2, 0) is 22.6 Å². The maximum absolute atomic E-state index is 14.4. The molecule has 0 unspecified atom stereocenters. The van der Waals surface area contributed by atoms with Crippen LogP contribution in [-0.4, -0.2) is 17.7 Å². The molecule has 2 aromatic rings. The summed E-state index contributed by atoms with van der Waals surface area (Å²) in [5, 5.41) is 8.83. The maximum Gasteiger partial charge on any atom is 0.336 e. The highest BCUT2D eigenvalue weighted by atomic mass is 19.1. The molecule has 0 aromatic heterocycles. The SMILES string of the molecule is C=C(CO)C(=O)OCc1ccc(-c2ccc(CCCCC)cc2)c(F)c1. The highest BCUT2D eigenvalue weighted by Crippen LogP contribution is 2.25. The molecule has 0 saturated heterocycles. The Morgan fingerprint density at radius 2 is 1.81 bits per heavy atom. The summed E-state index contributed by atoms with van der Waals surface area (Å²) < 4.78 is 19.4. The lowest BCUT2D eigenvalue weighted by Gasteiger charge is -2.09. The maximum atomic E-state index is 14.4. The first kappa shape index (κ1) is 19.9. The van der Waals surface area contributed by atoms with E-state index in [1.54, 1.807) is 12.1 Å². The Bertz CT molecular complexity index is 750. The van der Waals surface area contributed by atoms with E-state index >= 15 is 0 Å². The molecule has 0 heterocycles. The summed E-state index contributed by atoms with van der Waals surface area (Å²) in [6.07, 6.45) is 4.62. The van der Waals surface area contributed by atoms with E-state index in [-0.39, 0.29) is 18.0 Å². The summed E-state index contributed by atoms with van der Waals surface area (Å²) >= 11 is 0. The van der Waals surface area contributed by atoms with Crippen LogP contribution in [0.4, 0.5) is 4.39 Å². The molecule has 0 fully saturated rings. The molecular weight excluding hydrogens is 331 g/mol. The van der Waals surface area contributed by atoms with Crippen molar-refractivity contribution in [1.29, 1.82) is 0 Å². The van der Waals surface area contributed by atoms with Crippen LogP contribution in [0.15, 0.2) is 54.6 Å². The minimum Gasteiger partial charge on any atom is -0.457 e. The van der Waals surface area contributed by atoms with Crippen LogP contribution >= 0.6 is 0 Å². The van der Waals surface area contributed by atoms with Gasteiger partial charge in [0, 0.05) is 5.56 Å². The third-order valence-electron chi connectivity index (χ3n) is 4.22. The van der Waals surface area contributed by atoms with Crippen molar-refractivity contribution < 1.29 is 19.0 Å². The van der Waals surface area contributed by atoms with Gasteiger partial charge in [-0.05, 0) is 35.6 Å². The second kappa shape index (κ2) is 9.88.